The Hall–Kier alpha value is -3.33. The average molecular weight is 447 g/mol. The van der Waals surface area contributed by atoms with Gasteiger partial charge in [-0.05, 0) is 37.0 Å². The Morgan fingerprint density at radius 1 is 0.879 bits per heavy atom. The number of hydrogen-bond acceptors (Lipinski definition) is 7. The molecule has 9 nitrogen and oxygen atoms in total. The number of nitrogens with zero attached hydrogens (tertiary/aromatic N) is 8. The number of carbonyl (C=O) groups excluding carboxylic acids is 1. The summed E-state index contributed by atoms with van der Waals surface area (Å²) in [7, 11) is 0. The topological polar surface area (TPSA) is 83.3 Å². The first-order chi connectivity index (χ1) is 16.3. The van der Waals surface area contributed by atoms with Crippen LogP contribution in [-0.4, -0.2) is 86.5 Å². The number of benzene rings is 1. The third-order valence-electron chi connectivity index (χ3n) is 6.70. The number of carbonyl (C=O) groups is 1. The van der Waals surface area contributed by atoms with E-state index in [4.69, 9.17) is 0 Å². The summed E-state index contributed by atoms with van der Waals surface area (Å²) in [6.07, 6.45) is 5.86. The van der Waals surface area contributed by atoms with Crippen molar-refractivity contribution in [3.63, 3.8) is 0 Å². The molecule has 0 bridgehead atoms. The Morgan fingerprint density at radius 3 is 2.27 bits per heavy atom. The largest absolute Gasteiger partial charge is 0.355 e. The molecule has 0 saturated carbocycles. The lowest BCUT2D eigenvalue weighted by atomic mass is 9.95. The highest BCUT2D eigenvalue weighted by molar-refractivity contribution is 5.79. The Labute approximate surface area is 194 Å². The van der Waals surface area contributed by atoms with Crippen molar-refractivity contribution >= 4 is 11.7 Å². The smallest absolute Gasteiger partial charge is 0.225 e. The highest BCUT2D eigenvalue weighted by Gasteiger charge is 2.30. The van der Waals surface area contributed by atoms with Gasteiger partial charge < -0.3 is 9.80 Å². The van der Waals surface area contributed by atoms with Crippen molar-refractivity contribution in [3.8, 4) is 5.82 Å². The first-order valence-corrected chi connectivity index (χ1v) is 11.7. The molecule has 172 valence electrons. The van der Waals surface area contributed by atoms with Crippen molar-refractivity contribution in [2.24, 2.45) is 5.92 Å². The number of hydrogen-bond donors (Lipinski definition) is 0. The number of piperidine rings is 1. The van der Waals surface area contributed by atoms with Crippen LogP contribution in [0.25, 0.3) is 5.82 Å². The van der Waals surface area contributed by atoms with E-state index in [2.05, 4.69) is 65.3 Å². The predicted molar refractivity (Wildman–Crippen MR) is 125 cm³/mol. The fourth-order valence-corrected chi connectivity index (χ4v) is 4.67. The molecule has 0 unspecified atom stereocenters. The van der Waals surface area contributed by atoms with E-state index >= 15 is 0 Å². The molecular weight excluding hydrogens is 416 g/mol. The van der Waals surface area contributed by atoms with Crippen molar-refractivity contribution in [2.45, 2.75) is 19.3 Å². The van der Waals surface area contributed by atoms with Crippen LogP contribution in [0.1, 0.15) is 18.4 Å². The SMILES string of the molecule is O=C(C1CCN(c2ccc(-n3cncn3)nn2)CC1)N1CCN(CCc2ccccc2)CC1. The summed E-state index contributed by atoms with van der Waals surface area (Å²) in [4.78, 5) is 23.8. The van der Waals surface area contributed by atoms with E-state index in [1.165, 1.54) is 11.9 Å². The minimum atomic E-state index is 0.111. The van der Waals surface area contributed by atoms with Crippen molar-refractivity contribution in [3.05, 3.63) is 60.7 Å². The molecule has 0 aliphatic carbocycles. The van der Waals surface area contributed by atoms with Crippen LogP contribution in [0.15, 0.2) is 55.1 Å². The second-order valence-corrected chi connectivity index (χ2v) is 8.75. The highest BCUT2D eigenvalue weighted by atomic mass is 16.2. The van der Waals surface area contributed by atoms with Gasteiger partial charge in [0, 0.05) is 51.7 Å². The predicted octanol–water partition coefficient (Wildman–Crippen LogP) is 1.66. The summed E-state index contributed by atoms with van der Waals surface area (Å²) in [5.41, 5.74) is 1.38. The summed E-state index contributed by atoms with van der Waals surface area (Å²) >= 11 is 0. The Morgan fingerprint density at radius 2 is 1.61 bits per heavy atom. The standard InChI is InChI=1S/C24H30N8O/c33-24(31-16-14-29(15-17-31)11-8-20-4-2-1-3-5-20)21-9-12-30(13-10-21)22-6-7-23(28-27-22)32-19-25-18-26-32/h1-7,18-19,21H,8-17H2. The third-order valence-corrected chi connectivity index (χ3v) is 6.70. The van der Waals surface area contributed by atoms with Crippen LogP contribution in [0.5, 0.6) is 0 Å². The summed E-state index contributed by atoms with van der Waals surface area (Å²) in [6, 6.07) is 14.5. The number of rotatable bonds is 6. The minimum absolute atomic E-state index is 0.111. The summed E-state index contributed by atoms with van der Waals surface area (Å²) < 4.78 is 1.59. The van der Waals surface area contributed by atoms with Crippen LogP contribution in [0.4, 0.5) is 5.82 Å². The van der Waals surface area contributed by atoms with Crippen LogP contribution in [0.2, 0.25) is 0 Å². The maximum atomic E-state index is 13.1. The first-order valence-electron chi connectivity index (χ1n) is 11.7. The Balaban J connectivity index is 1.06. The van der Waals surface area contributed by atoms with E-state index < -0.39 is 0 Å². The van der Waals surface area contributed by atoms with Crippen LogP contribution < -0.4 is 4.90 Å². The first kappa shape index (κ1) is 21.5. The number of piperazine rings is 1. The summed E-state index contributed by atoms with van der Waals surface area (Å²) in [5, 5.41) is 12.7. The molecule has 2 aliphatic rings. The van der Waals surface area contributed by atoms with Gasteiger partial charge in [0.15, 0.2) is 11.6 Å². The quantitative estimate of drug-likeness (QED) is 0.569. The van der Waals surface area contributed by atoms with Gasteiger partial charge in [-0.2, -0.15) is 5.10 Å². The third kappa shape index (κ3) is 5.19. The van der Waals surface area contributed by atoms with Crippen LogP contribution in [0, 0.1) is 5.92 Å². The molecule has 4 heterocycles. The fraction of sp³-hybridized carbons (Fsp3) is 0.458. The molecule has 0 spiro atoms. The molecule has 9 heteroatoms. The van der Waals surface area contributed by atoms with Crippen molar-refractivity contribution < 1.29 is 4.79 Å². The van der Waals surface area contributed by atoms with Gasteiger partial charge in [0.2, 0.25) is 5.91 Å². The highest BCUT2D eigenvalue weighted by Crippen LogP contribution is 2.24. The zero-order chi connectivity index (χ0) is 22.5. The molecule has 2 aromatic heterocycles. The second kappa shape index (κ2) is 10.1. The van der Waals surface area contributed by atoms with Gasteiger partial charge in [-0.15, -0.1) is 10.2 Å². The van der Waals surface area contributed by atoms with E-state index in [1.807, 2.05) is 12.1 Å². The molecule has 0 atom stereocenters. The number of anilines is 1. The minimum Gasteiger partial charge on any atom is -0.355 e. The molecule has 5 rings (SSSR count). The Kier molecular flexibility index (Phi) is 6.57. The maximum Gasteiger partial charge on any atom is 0.225 e. The molecule has 0 N–H and O–H groups in total. The van der Waals surface area contributed by atoms with Crippen molar-refractivity contribution in [1.29, 1.82) is 0 Å². The Bertz CT molecular complexity index is 1010. The second-order valence-electron chi connectivity index (χ2n) is 8.75. The zero-order valence-corrected chi connectivity index (χ0v) is 18.8. The van der Waals surface area contributed by atoms with Crippen LogP contribution in [0.3, 0.4) is 0 Å². The van der Waals surface area contributed by atoms with Gasteiger partial charge in [-0.1, -0.05) is 30.3 Å². The number of amides is 1. The lowest BCUT2D eigenvalue weighted by molar-refractivity contribution is -0.138. The van der Waals surface area contributed by atoms with Gasteiger partial charge in [-0.3, -0.25) is 9.69 Å². The molecule has 33 heavy (non-hydrogen) atoms. The lowest BCUT2D eigenvalue weighted by Crippen LogP contribution is -2.52. The van der Waals surface area contributed by atoms with Gasteiger partial charge >= 0.3 is 0 Å². The van der Waals surface area contributed by atoms with Gasteiger partial charge in [0.05, 0.1) is 0 Å². The average Bonchev–Trinajstić information content (AvgIpc) is 3.43. The fourth-order valence-electron chi connectivity index (χ4n) is 4.67. The molecule has 2 fully saturated rings. The normalized spacial score (nSPS) is 17.9. The van der Waals surface area contributed by atoms with E-state index in [0.29, 0.717) is 11.7 Å². The zero-order valence-electron chi connectivity index (χ0n) is 18.8. The van der Waals surface area contributed by atoms with E-state index in [9.17, 15) is 4.79 Å². The lowest BCUT2D eigenvalue weighted by Gasteiger charge is -2.38. The monoisotopic (exact) mass is 446 g/mol. The van der Waals surface area contributed by atoms with Crippen molar-refractivity contribution in [2.75, 3.05) is 50.7 Å². The molecule has 1 aromatic carbocycles. The summed E-state index contributed by atoms with van der Waals surface area (Å²) in [5.74, 6) is 1.92. The summed E-state index contributed by atoms with van der Waals surface area (Å²) in [6.45, 7) is 6.30. The molecule has 2 aliphatic heterocycles. The van der Waals surface area contributed by atoms with E-state index in [-0.39, 0.29) is 5.92 Å². The maximum absolute atomic E-state index is 13.1. The van der Waals surface area contributed by atoms with Crippen molar-refractivity contribution in [1.82, 2.24) is 34.8 Å². The molecule has 3 aromatic rings. The molecule has 2 saturated heterocycles. The number of aromatic nitrogens is 5. The van der Waals surface area contributed by atoms with Gasteiger partial charge in [0.25, 0.3) is 0 Å². The van der Waals surface area contributed by atoms with Crippen LogP contribution >= 0.6 is 0 Å². The molecule has 0 radical (unpaired) electrons. The molecule has 1 amide bonds. The van der Waals surface area contributed by atoms with Crippen LogP contribution in [-0.2, 0) is 11.2 Å². The molecular formula is C24H30N8O. The van der Waals surface area contributed by atoms with Gasteiger partial charge in [0.1, 0.15) is 12.7 Å². The van der Waals surface area contributed by atoms with Gasteiger partial charge in [-0.25, -0.2) is 9.67 Å². The van der Waals surface area contributed by atoms with E-state index in [0.717, 1.165) is 70.9 Å². The van der Waals surface area contributed by atoms with E-state index in [1.54, 1.807) is 11.0 Å².